The molecule has 0 spiro atoms. The maximum absolute atomic E-state index is 12.7. The number of Topliss-reactive ketones (excluding diaryl/α,β-unsaturated/α-hetero) is 1. The number of rotatable bonds is 2. The van der Waals surface area contributed by atoms with Crippen LogP contribution in [0.25, 0.3) is 0 Å². The van der Waals surface area contributed by atoms with E-state index in [0.717, 1.165) is 23.6 Å². The summed E-state index contributed by atoms with van der Waals surface area (Å²) in [6, 6.07) is 1.98. The molecule has 0 radical (unpaired) electrons. The molecule has 108 valence electrons. The van der Waals surface area contributed by atoms with Gasteiger partial charge in [0.05, 0.1) is 5.25 Å². The number of ketones is 1. The van der Waals surface area contributed by atoms with Crippen molar-refractivity contribution in [2.45, 2.75) is 50.8 Å². The Kier molecular flexibility index (Phi) is 3.14. The third-order valence-corrected chi connectivity index (χ3v) is 7.20. The third kappa shape index (κ3) is 1.82. The number of H-pyrrole nitrogens is 1. The van der Waals surface area contributed by atoms with Crippen molar-refractivity contribution in [2.24, 2.45) is 16.7 Å². The predicted octanol–water partition coefficient (Wildman–Crippen LogP) is 3.93. The third-order valence-electron chi connectivity index (χ3n) is 5.57. The molecule has 2 fully saturated rings. The molecule has 3 atom stereocenters. The number of carbonyl (C=O) groups excluding carboxylic acids is 1. The van der Waals surface area contributed by atoms with E-state index in [1.807, 2.05) is 13.0 Å². The number of aromatic nitrogens is 2. The molecule has 1 heterocycles. The lowest BCUT2D eigenvalue weighted by molar-refractivity contribution is -0.122. The monoisotopic (exact) mass is 308 g/mol. The number of aromatic amines is 1. The highest BCUT2D eigenvalue weighted by Gasteiger charge is 2.66. The van der Waals surface area contributed by atoms with Crippen molar-refractivity contribution in [2.75, 3.05) is 0 Å². The van der Waals surface area contributed by atoms with Gasteiger partial charge in [0.25, 0.3) is 0 Å². The number of aryl methyl sites for hydroxylation is 1. The summed E-state index contributed by atoms with van der Waals surface area (Å²) >= 11 is 6.74. The molecule has 1 aromatic heterocycles. The molecule has 0 aliphatic heterocycles. The Morgan fingerprint density at radius 2 is 2.15 bits per heavy atom. The lowest BCUT2D eigenvalue weighted by Crippen LogP contribution is -2.35. The van der Waals surface area contributed by atoms with E-state index < -0.39 is 0 Å². The Labute approximate surface area is 129 Å². The lowest BCUT2D eigenvalue weighted by Gasteiger charge is -2.37. The molecule has 2 saturated carbocycles. The maximum atomic E-state index is 12.7. The van der Waals surface area contributed by atoms with E-state index in [2.05, 4.69) is 30.7 Å². The Balaban J connectivity index is 1.96. The number of thioether (sulfide) groups is 1. The summed E-state index contributed by atoms with van der Waals surface area (Å²) in [6.07, 6.45) is 2.17. The molecule has 1 N–H and O–H groups in total. The fourth-order valence-corrected chi connectivity index (χ4v) is 5.82. The van der Waals surface area contributed by atoms with Gasteiger partial charge in [-0.25, -0.2) is 4.98 Å². The van der Waals surface area contributed by atoms with Crippen LogP contribution in [0.4, 0.5) is 0 Å². The van der Waals surface area contributed by atoms with E-state index in [0.29, 0.717) is 10.6 Å². The second kappa shape index (κ2) is 4.41. The smallest absolute Gasteiger partial charge is 0.198 e. The largest absolute Gasteiger partial charge is 0.335 e. The van der Waals surface area contributed by atoms with Crippen molar-refractivity contribution >= 4 is 29.8 Å². The lowest BCUT2D eigenvalue weighted by atomic mass is 9.71. The van der Waals surface area contributed by atoms with Crippen molar-refractivity contribution in [3.05, 3.63) is 16.5 Å². The van der Waals surface area contributed by atoms with Crippen molar-refractivity contribution in [1.82, 2.24) is 9.97 Å². The summed E-state index contributed by atoms with van der Waals surface area (Å²) in [7, 11) is 0. The van der Waals surface area contributed by atoms with Gasteiger partial charge in [0.1, 0.15) is 10.8 Å². The van der Waals surface area contributed by atoms with Crippen LogP contribution in [0.3, 0.4) is 0 Å². The van der Waals surface area contributed by atoms with E-state index in [9.17, 15) is 4.79 Å². The van der Waals surface area contributed by atoms with E-state index in [1.54, 1.807) is 11.8 Å². The zero-order chi connectivity index (χ0) is 14.7. The minimum Gasteiger partial charge on any atom is -0.335 e. The molecule has 3 nitrogen and oxygen atoms in total. The highest BCUT2D eigenvalue weighted by Crippen LogP contribution is 2.67. The van der Waals surface area contributed by atoms with Gasteiger partial charge >= 0.3 is 0 Å². The molecule has 2 bridgehead atoms. The number of fused-ring (bicyclic) bond motifs is 2. The molecule has 20 heavy (non-hydrogen) atoms. The summed E-state index contributed by atoms with van der Waals surface area (Å²) in [5.41, 5.74) is 1.15. The first-order chi connectivity index (χ1) is 9.25. The van der Waals surface area contributed by atoms with Crippen molar-refractivity contribution < 1.29 is 4.79 Å². The molecule has 2 aliphatic rings. The van der Waals surface area contributed by atoms with Crippen LogP contribution in [-0.4, -0.2) is 21.0 Å². The topological polar surface area (TPSA) is 45.8 Å². The highest BCUT2D eigenvalue weighted by atomic mass is 32.2. The van der Waals surface area contributed by atoms with E-state index >= 15 is 0 Å². The van der Waals surface area contributed by atoms with Gasteiger partial charge < -0.3 is 4.98 Å². The van der Waals surface area contributed by atoms with E-state index in [4.69, 9.17) is 12.2 Å². The predicted molar refractivity (Wildman–Crippen MR) is 83.4 cm³/mol. The van der Waals surface area contributed by atoms with Crippen molar-refractivity contribution in [1.29, 1.82) is 0 Å². The second-order valence-electron chi connectivity index (χ2n) is 6.84. The first-order valence-corrected chi connectivity index (χ1v) is 8.33. The number of nitrogens with one attached hydrogen (secondary N) is 1. The number of nitrogens with zero attached hydrogens (tertiary/aromatic N) is 1. The fraction of sp³-hybridized carbons (Fsp3) is 0.667. The van der Waals surface area contributed by atoms with Crippen LogP contribution in [0.15, 0.2) is 11.1 Å². The highest BCUT2D eigenvalue weighted by molar-refractivity contribution is 8.00. The zero-order valence-corrected chi connectivity index (χ0v) is 14.0. The minimum atomic E-state index is 0.0138. The number of hydrogen-bond acceptors (Lipinski definition) is 4. The minimum absolute atomic E-state index is 0.0138. The molecular formula is C15H20N2OS2. The molecule has 3 rings (SSSR count). The van der Waals surface area contributed by atoms with Crippen LogP contribution in [0.2, 0.25) is 0 Å². The molecule has 0 saturated heterocycles. The number of hydrogen-bond donors (Lipinski definition) is 1. The summed E-state index contributed by atoms with van der Waals surface area (Å²) in [6.45, 7) is 8.74. The van der Waals surface area contributed by atoms with Gasteiger partial charge in [-0.1, -0.05) is 32.5 Å². The Hall–Kier alpha value is -0.680. The summed E-state index contributed by atoms with van der Waals surface area (Å²) in [4.78, 5) is 20.1. The SMILES string of the molecule is Cc1cc(S[C@@H]2C(=O)[C@H]3CC[C@]2(C)C3(C)C)nc(=S)[nH]1. The van der Waals surface area contributed by atoms with Gasteiger partial charge in [0, 0.05) is 11.6 Å². The van der Waals surface area contributed by atoms with Crippen molar-refractivity contribution in [3.8, 4) is 0 Å². The standard InChI is InChI=1S/C15H20N2OS2/c1-8-7-10(17-13(19)16-8)20-12-11(18)9-5-6-15(12,4)14(9,2)3/h7,9,12H,5-6H2,1-4H3,(H,16,17,19)/t9-,12-,15+/m1/s1. The normalized spacial score (nSPS) is 34.7. The molecule has 0 aromatic carbocycles. The summed E-state index contributed by atoms with van der Waals surface area (Å²) in [5, 5.41) is 0.883. The van der Waals surface area contributed by atoms with Gasteiger partial charge in [-0.05, 0) is 48.9 Å². The Bertz CT molecular complexity index is 637. The molecule has 0 amide bonds. The molecule has 0 unspecified atom stereocenters. The average molecular weight is 308 g/mol. The van der Waals surface area contributed by atoms with Gasteiger partial charge in [-0.3, -0.25) is 4.79 Å². The summed E-state index contributed by atoms with van der Waals surface area (Å²) < 4.78 is 0.493. The van der Waals surface area contributed by atoms with Gasteiger partial charge in [0.15, 0.2) is 4.77 Å². The van der Waals surface area contributed by atoms with E-state index in [1.165, 1.54) is 0 Å². The zero-order valence-electron chi connectivity index (χ0n) is 12.3. The molecule has 1 aromatic rings. The van der Waals surface area contributed by atoms with Crippen LogP contribution < -0.4 is 0 Å². The summed E-state index contributed by atoms with van der Waals surface area (Å²) in [5.74, 6) is 0.622. The van der Waals surface area contributed by atoms with E-state index in [-0.39, 0.29) is 22.0 Å². The molecule has 5 heteroatoms. The van der Waals surface area contributed by atoms with Crippen LogP contribution in [0.5, 0.6) is 0 Å². The first-order valence-electron chi connectivity index (χ1n) is 7.04. The van der Waals surface area contributed by atoms with Gasteiger partial charge in [-0.15, -0.1) is 0 Å². The second-order valence-corrected chi connectivity index (χ2v) is 8.35. The van der Waals surface area contributed by atoms with Crippen LogP contribution in [0.1, 0.15) is 39.3 Å². The number of carbonyl (C=O) groups is 1. The molecular weight excluding hydrogens is 288 g/mol. The maximum Gasteiger partial charge on any atom is 0.198 e. The average Bonchev–Trinajstić information content (AvgIpc) is 2.62. The van der Waals surface area contributed by atoms with Crippen LogP contribution in [0, 0.1) is 28.4 Å². The molecule has 2 aliphatic carbocycles. The fourth-order valence-electron chi connectivity index (χ4n) is 3.91. The van der Waals surface area contributed by atoms with Crippen molar-refractivity contribution in [3.63, 3.8) is 0 Å². The van der Waals surface area contributed by atoms with Crippen LogP contribution >= 0.6 is 24.0 Å². The van der Waals surface area contributed by atoms with Gasteiger partial charge in [0.2, 0.25) is 0 Å². The quantitative estimate of drug-likeness (QED) is 0.664. The Morgan fingerprint density at radius 1 is 1.45 bits per heavy atom. The Morgan fingerprint density at radius 3 is 2.70 bits per heavy atom. The van der Waals surface area contributed by atoms with Crippen LogP contribution in [-0.2, 0) is 4.79 Å². The van der Waals surface area contributed by atoms with Gasteiger partial charge in [-0.2, -0.15) is 0 Å². The first kappa shape index (κ1) is 14.3.